The first-order chi connectivity index (χ1) is 11.4. The van der Waals surface area contributed by atoms with Crippen molar-refractivity contribution in [3.63, 3.8) is 0 Å². The highest BCUT2D eigenvalue weighted by atomic mass is 35.5. The summed E-state index contributed by atoms with van der Waals surface area (Å²) in [6.45, 7) is 0. The smallest absolute Gasteiger partial charge is 0.257 e. The average molecular weight is 362 g/mol. The lowest BCUT2D eigenvalue weighted by Gasteiger charge is -2.16. The van der Waals surface area contributed by atoms with E-state index in [0.717, 1.165) is 0 Å². The van der Waals surface area contributed by atoms with Crippen molar-refractivity contribution in [2.75, 3.05) is 19.4 Å². The predicted octanol–water partition coefficient (Wildman–Crippen LogP) is 3.17. The summed E-state index contributed by atoms with van der Waals surface area (Å²) in [5, 5.41) is 6.11. The SMILES string of the molecule is CN(C)C(=O)c1ccccc1NC(=S)NC(=O)c1ccc(Cl)cc1. The van der Waals surface area contributed by atoms with Crippen LogP contribution in [0.1, 0.15) is 20.7 Å². The Bertz CT molecular complexity index is 776. The normalized spacial score (nSPS) is 9.96. The Morgan fingerprint density at radius 1 is 1.04 bits per heavy atom. The van der Waals surface area contributed by atoms with Crippen LogP contribution in [0, 0.1) is 0 Å². The molecule has 0 unspecified atom stereocenters. The van der Waals surface area contributed by atoms with E-state index in [1.165, 1.54) is 4.90 Å². The molecule has 2 aromatic carbocycles. The maximum atomic E-state index is 12.2. The van der Waals surface area contributed by atoms with Gasteiger partial charge >= 0.3 is 0 Å². The zero-order valence-electron chi connectivity index (χ0n) is 13.2. The van der Waals surface area contributed by atoms with Crippen LogP contribution in [0.3, 0.4) is 0 Å². The molecule has 0 spiro atoms. The number of thiocarbonyl (C=S) groups is 1. The fourth-order valence-electron chi connectivity index (χ4n) is 1.95. The molecule has 0 radical (unpaired) electrons. The fraction of sp³-hybridized carbons (Fsp3) is 0.118. The van der Waals surface area contributed by atoms with Crippen molar-refractivity contribution in [3.05, 3.63) is 64.7 Å². The zero-order valence-corrected chi connectivity index (χ0v) is 14.7. The quantitative estimate of drug-likeness (QED) is 0.824. The molecule has 0 saturated carbocycles. The van der Waals surface area contributed by atoms with Gasteiger partial charge in [-0.25, -0.2) is 0 Å². The highest BCUT2D eigenvalue weighted by Gasteiger charge is 2.14. The molecule has 2 amide bonds. The highest BCUT2D eigenvalue weighted by molar-refractivity contribution is 7.80. The van der Waals surface area contributed by atoms with Gasteiger partial charge in [-0.05, 0) is 48.6 Å². The molecule has 2 aromatic rings. The van der Waals surface area contributed by atoms with E-state index in [1.54, 1.807) is 62.6 Å². The van der Waals surface area contributed by atoms with E-state index in [-0.39, 0.29) is 16.9 Å². The molecule has 7 heteroatoms. The molecule has 0 aliphatic carbocycles. The standard InChI is InChI=1S/C17H16ClN3O2S/c1-21(2)16(23)13-5-3-4-6-14(13)19-17(24)20-15(22)11-7-9-12(18)10-8-11/h3-10H,1-2H3,(H2,19,20,22,24). The molecule has 0 aliphatic rings. The first kappa shape index (κ1) is 17.9. The summed E-state index contributed by atoms with van der Waals surface area (Å²) in [5.74, 6) is -0.523. The number of para-hydroxylation sites is 1. The van der Waals surface area contributed by atoms with E-state index in [0.29, 0.717) is 21.8 Å². The molecule has 0 bridgehead atoms. The van der Waals surface area contributed by atoms with Crippen LogP contribution < -0.4 is 10.6 Å². The molecular weight excluding hydrogens is 346 g/mol. The van der Waals surface area contributed by atoms with E-state index in [4.69, 9.17) is 23.8 Å². The zero-order chi connectivity index (χ0) is 17.7. The van der Waals surface area contributed by atoms with E-state index < -0.39 is 0 Å². The molecule has 124 valence electrons. The van der Waals surface area contributed by atoms with E-state index in [2.05, 4.69) is 10.6 Å². The summed E-state index contributed by atoms with van der Waals surface area (Å²) in [6.07, 6.45) is 0. The van der Waals surface area contributed by atoms with Crippen LogP contribution >= 0.6 is 23.8 Å². The molecule has 0 saturated heterocycles. The number of carbonyl (C=O) groups is 2. The minimum Gasteiger partial charge on any atom is -0.345 e. The molecule has 0 aliphatic heterocycles. The predicted molar refractivity (Wildman–Crippen MR) is 99.6 cm³/mol. The van der Waals surface area contributed by atoms with E-state index >= 15 is 0 Å². The van der Waals surface area contributed by atoms with Crippen LogP contribution in [0.15, 0.2) is 48.5 Å². The molecule has 0 aromatic heterocycles. The molecular formula is C17H16ClN3O2S. The maximum absolute atomic E-state index is 12.2. The van der Waals surface area contributed by atoms with Gasteiger partial charge in [-0.15, -0.1) is 0 Å². The van der Waals surface area contributed by atoms with Gasteiger partial charge in [-0.3, -0.25) is 14.9 Å². The van der Waals surface area contributed by atoms with Gasteiger partial charge in [-0.1, -0.05) is 23.7 Å². The summed E-state index contributed by atoms with van der Waals surface area (Å²) in [7, 11) is 3.33. The molecule has 0 heterocycles. The van der Waals surface area contributed by atoms with Crippen molar-refractivity contribution in [2.45, 2.75) is 0 Å². The number of hydrogen-bond donors (Lipinski definition) is 2. The Morgan fingerprint density at radius 2 is 1.67 bits per heavy atom. The van der Waals surface area contributed by atoms with Gasteiger partial charge in [0.25, 0.3) is 11.8 Å². The summed E-state index contributed by atoms with van der Waals surface area (Å²) in [5.41, 5.74) is 1.42. The second-order valence-electron chi connectivity index (χ2n) is 5.16. The molecule has 2 N–H and O–H groups in total. The Labute approximate surface area is 150 Å². The third-order valence-electron chi connectivity index (χ3n) is 3.15. The van der Waals surface area contributed by atoms with Crippen molar-refractivity contribution in [2.24, 2.45) is 0 Å². The van der Waals surface area contributed by atoms with E-state index in [9.17, 15) is 9.59 Å². The van der Waals surface area contributed by atoms with Crippen molar-refractivity contribution < 1.29 is 9.59 Å². The van der Waals surface area contributed by atoms with Crippen LogP contribution in [0.25, 0.3) is 0 Å². The first-order valence-electron chi connectivity index (χ1n) is 7.07. The number of nitrogens with one attached hydrogen (secondary N) is 2. The topological polar surface area (TPSA) is 61.4 Å². The van der Waals surface area contributed by atoms with Crippen molar-refractivity contribution >= 4 is 46.4 Å². The minimum atomic E-state index is -0.361. The highest BCUT2D eigenvalue weighted by Crippen LogP contribution is 2.16. The Balaban J connectivity index is 2.09. The first-order valence-corrected chi connectivity index (χ1v) is 7.85. The Kier molecular flexibility index (Phi) is 5.89. The number of nitrogens with zero attached hydrogens (tertiary/aromatic N) is 1. The molecule has 24 heavy (non-hydrogen) atoms. The van der Waals surface area contributed by atoms with Gasteiger partial charge in [0.1, 0.15) is 0 Å². The van der Waals surface area contributed by atoms with Gasteiger partial charge in [0.15, 0.2) is 5.11 Å². The minimum absolute atomic E-state index is 0.106. The lowest BCUT2D eigenvalue weighted by Crippen LogP contribution is -2.35. The molecule has 0 atom stereocenters. The Morgan fingerprint density at radius 3 is 2.29 bits per heavy atom. The Hall–Kier alpha value is -2.44. The summed E-state index contributed by atoms with van der Waals surface area (Å²) in [6, 6.07) is 13.4. The van der Waals surface area contributed by atoms with Gasteiger partial charge in [0.05, 0.1) is 11.3 Å². The van der Waals surface area contributed by atoms with Crippen LogP contribution in [-0.4, -0.2) is 35.9 Å². The number of amides is 2. The third-order valence-corrected chi connectivity index (χ3v) is 3.60. The number of rotatable bonds is 3. The lowest BCUT2D eigenvalue weighted by molar-refractivity contribution is 0.0828. The maximum Gasteiger partial charge on any atom is 0.257 e. The summed E-state index contributed by atoms with van der Waals surface area (Å²) in [4.78, 5) is 25.8. The van der Waals surface area contributed by atoms with E-state index in [1.807, 2.05) is 0 Å². The van der Waals surface area contributed by atoms with Crippen molar-refractivity contribution in [3.8, 4) is 0 Å². The van der Waals surface area contributed by atoms with Crippen LogP contribution in [0.4, 0.5) is 5.69 Å². The van der Waals surface area contributed by atoms with Gasteiger partial charge in [0.2, 0.25) is 0 Å². The van der Waals surface area contributed by atoms with Crippen LogP contribution in [0.5, 0.6) is 0 Å². The summed E-state index contributed by atoms with van der Waals surface area (Å²) >= 11 is 11.0. The van der Waals surface area contributed by atoms with Gasteiger partial charge in [0, 0.05) is 24.7 Å². The van der Waals surface area contributed by atoms with Gasteiger partial charge in [-0.2, -0.15) is 0 Å². The number of anilines is 1. The largest absolute Gasteiger partial charge is 0.345 e. The number of hydrogen-bond acceptors (Lipinski definition) is 3. The molecule has 2 rings (SSSR count). The fourth-order valence-corrected chi connectivity index (χ4v) is 2.28. The number of benzene rings is 2. The van der Waals surface area contributed by atoms with Crippen molar-refractivity contribution in [1.29, 1.82) is 0 Å². The average Bonchev–Trinajstić information content (AvgIpc) is 2.55. The second kappa shape index (κ2) is 7.90. The second-order valence-corrected chi connectivity index (χ2v) is 6.00. The monoisotopic (exact) mass is 361 g/mol. The molecule has 5 nitrogen and oxygen atoms in total. The molecule has 0 fully saturated rings. The summed E-state index contributed by atoms with van der Waals surface area (Å²) < 4.78 is 0. The third kappa shape index (κ3) is 4.53. The van der Waals surface area contributed by atoms with Crippen LogP contribution in [-0.2, 0) is 0 Å². The van der Waals surface area contributed by atoms with Gasteiger partial charge < -0.3 is 10.2 Å². The van der Waals surface area contributed by atoms with Crippen LogP contribution in [0.2, 0.25) is 5.02 Å². The number of halogens is 1. The van der Waals surface area contributed by atoms with Crippen molar-refractivity contribution in [1.82, 2.24) is 10.2 Å². The lowest BCUT2D eigenvalue weighted by atomic mass is 10.1. The number of carbonyl (C=O) groups excluding carboxylic acids is 2.